The molecule has 0 aliphatic heterocycles. The van der Waals surface area contributed by atoms with Crippen LogP contribution in [0.25, 0.3) is 16.7 Å². The number of nitrogens with zero attached hydrogens (tertiary/aromatic N) is 3. The zero-order chi connectivity index (χ0) is 27.0. The molecule has 0 unspecified atom stereocenters. The number of hydrogen-bond acceptors (Lipinski definition) is 5. The van der Waals surface area contributed by atoms with E-state index in [1.54, 1.807) is 32.2 Å². The Morgan fingerprint density at radius 1 is 1.03 bits per heavy atom. The van der Waals surface area contributed by atoms with Crippen LogP contribution in [0.3, 0.4) is 0 Å². The van der Waals surface area contributed by atoms with Gasteiger partial charge in [0.2, 0.25) is 0 Å². The van der Waals surface area contributed by atoms with Gasteiger partial charge >= 0.3 is 5.69 Å². The Hall–Kier alpha value is -5.06. The summed E-state index contributed by atoms with van der Waals surface area (Å²) in [4.78, 5) is 46.4. The topological polar surface area (TPSA) is 111 Å². The fourth-order valence-electron chi connectivity index (χ4n) is 3.92. The number of halogens is 2. The van der Waals surface area contributed by atoms with E-state index in [4.69, 9.17) is 4.74 Å². The van der Waals surface area contributed by atoms with Crippen molar-refractivity contribution in [2.24, 2.45) is 0 Å². The summed E-state index contributed by atoms with van der Waals surface area (Å²) in [6, 6.07) is 11.5. The highest BCUT2D eigenvalue weighted by atomic mass is 19.1. The smallest absolute Gasteiger partial charge is 0.335 e. The van der Waals surface area contributed by atoms with E-state index in [2.05, 4.69) is 15.3 Å². The SMILES string of the molecule is CC(C)n1cc(C(=O)Nc2ccc(Oc3ccnc4[nH]ccc34)c(F)c2)c(=O)n(-c2ccc(F)cc2)c1=O. The lowest BCUT2D eigenvalue weighted by Gasteiger charge is -2.16. The number of pyridine rings is 1. The molecule has 0 saturated carbocycles. The average Bonchev–Trinajstić information content (AvgIpc) is 3.36. The van der Waals surface area contributed by atoms with Crippen molar-refractivity contribution in [3.05, 3.63) is 111 Å². The summed E-state index contributed by atoms with van der Waals surface area (Å²) in [6.07, 6.45) is 4.37. The molecule has 1 amide bonds. The predicted molar refractivity (Wildman–Crippen MR) is 137 cm³/mol. The van der Waals surface area contributed by atoms with Crippen LogP contribution in [0.2, 0.25) is 0 Å². The van der Waals surface area contributed by atoms with E-state index in [0.717, 1.165) is 29.0 Å². The second kappa shape index (κ2) is 9.77. The number of benzene rings is 2. The second-order valence-electron chi connectivity index (χ2n) is 8.69. The highest BCUT2D eigenvalue weighted by molar-refractivity contribution is 6.03. The number of fused-ring (bicyclic) bond motifs is 1. The van der Waals surface area contributed by atoms with Gasteiger partial charge in [0, 0.05) is 36.4 Å². The van der Waals surface area contributed by atoms with Crippen LogP contribution in [0.15, 0.2) is 82.8 Å². The number of ether oxygens (including phenoxy) is 1. The van der Waals surface area contributed by atoms with Gasteiger partial charge in [0.15, 0.2) is 11.6 Å². The van der Waals surface area contributed by atoms with Crippen LogP contribution in [-0.4, -0.2) is 25.0 Å². The Labute approximate surface area is 214 Å². The number of hydrogen-bond donors (Lipinski definition) is 2. The lowest BCUT2D eigenvalue weighted by atomic mass is 10.2. The number of carbonyl (C=O) groups is 1. The van der Waals surface area contributed by atoms with Crippen LogP contribution < -0.4 is 21.3 Å². The first-order chi connectivity index (χ1) is 18.2. The minimum atomic E-state index is -0.898. The largest absolute Gasteiger partial charge is 0.453 e. The van der Waals surface area contributed by atoms with Crippen LogP contribution in [0.5, 0.6) is 11.5 Å². The number of amides is 1. The molecule has 0 spiro atoms. The lowest BCUT2D eigenvalue weighted by molar-refractivity contribution is 0.102. The van der Waals surface area contributed by atoms with Crippen LogP contribution in [0.4, 0.5) is 14.5 Å². The molecule has 5 rings (SSSR count). The molecule has 0 bridgehead atoms. The Kier molecular flexibility index (Phi) is 6.33. The quantitative estimate of drug-likeness (QED) is 0.337. The van der Waals surface area contributed by atoms with Gasteiger partial charge < -0.3 is 15.0 Å². The van der Waals surface area contributed by atoms with Crippen molar-refractivity contribution < 1.29 is 18.3 Å². The van der Waals surface area contributed by atoms with Crippen LogP contribution >= 0.6 is 0 Å². The number of aromatic nitrogens is 4. The number of H-pyrrole nitrogens is 1. The van der Waals surface area contributed by atoms with Crippen LogP contribution in [-0.2, 0) is 0 Å². The molecule has 2 N–H and O–H groups in total. The normalized spacial score (nSPS) is 11.2. The molecule has 2 aromatic carbocycles. The highest BCUT2D eigenvalue weighted by Crippen LogP contribution is 2.31. The second-order valence-corrected chi connectivity index (χ2v) is 8.69. The van der Waals surface area contributed by atoms with Crippen molar-refractivity contribution >= 4 is 22.6 Å². The molecule has 38 heavy (non-hydrogen) atoms. The third kappa shape index (κ3) is 4.57. The Morgan fingerprint density at radius 3 is 2.50 bits per heavy atom. The molecule has 3 heterocycles. The zero-order valence-corrected chi connectivity index (χ0v) is 20.2. The zero-order valence-electron chi connectivity index (χ0n) is 20.2. The summed E-state index contributed by atoms with van der Waals surface area (Å²) in [5.41, 5.74) is -1.18. The van der Waals surface area contributed by atoms with E-state index in [1.165, 1.54) is 35.0 Å². The summed E-state index contributed by atoms with van der Waals surface area (Å²) in [7, 11) is 0. The van der Waals surface area contributed by atoms with E-state index in [1.807, 2.05) is 0 Å². The Morgan fingerprint density at radius 2 is 1.79 bits per heavy atom. The molecule has 0 radical (unpaired) electrons. The third-order valence-electron chi connectivity index (χ3n) is 5.83. The Balaban J connectivity index is 1.46. The third-order valence-corrected chi connectivity index (χ3v) is 5.83. The molecule has 3 aromatic heterocycles. The monoisotopic (exact) mass is 517 g/mol. The maximum Gasteiger partial charge on any atom is 0.335 e. The summed E-state index contributed by atoms with van der Waals surface area (Å²) in [5, 5.41) is 3.16. The van der Waals surface area contributed by atoms with E-state index in [0.29, 0.717) is 16.8 Å². The van der Waals surface area contributed by atoms with Gasteiger partial charge in [-0.2, -0.15) is 0 Å². The first-order valence-electron chi connectivity index (χ1n) is 11.6. The number of carbonyl (C=O) groups excluding carboxylic acids is 1. The molecule has 0 atom stereocenters. The number of rotatable bonds is 6. The first-order valence-corrected chi connectivity index (χ1v) is 11.6. The van der Waals surface area contributed by atoms with Crippen molar-refractivity contribution in [2.45, 2.75) is 19.9 Å². The fraction of sp³-hybridized carbons (Fsp3) is 0.111. The molecule has 192 valence electrons. The number of aromatic amines is 1. The fourth-order valence-corrected chi connectivity index (χ4v) is 3.92. The van der Waals surface area contributed by atoms with Crippen molar-refractivity contribution in [2.75, 3.05) is 5.32 Å². The molecule has 9 nitrogen and oxygen atoms in total. The number of nitrogens with one attached hydrogen (secondary N) is 2. The van der Waals surface area contributed by atoms with Gasteiger partial charge in [-0.15, -0.1) is 0 Å². The summed E-state index contributed by atoms with van der Waals surface area (Å²) >= 11 is 0. The first kappa shape index (κ1) is 24.6. The summed E-state index contributed by atoms with van der Waals surface area (Å²) in [5.74, 6) is -1.83. The van der Waals surface area contributed by atoms with E-state index >= 15 is 0 Å². The van der Waals surface area contributed by atoms with E-state index in [-0.39, 0.29) is 22.7 Å². The van der Waals surface area contributed by atoms with E-state index < -0.39 is 34.8 Å². The predicted octanol–water partition coefficient (Wildman–Crippen LogP) is 4.78. The van der Waals surface area contributed by atoms with Gasteiger partial charge in [0.25, 0.3) is 11.5 Å². The molecule has 0 aliphatic rings. The maximum atomic E-state index is 14.9. The van der Waals surface area contributed by atoms with Crippen molar-refractivity contribution in [1.29, 1.82) is 0 Å². The number of anilines is 1. The highest BCUT2D eigenvalue weighted by Gasteiger charge is 2.20. The van der Waals surface area contributed by atoms with Gasteiger partial charge in [0.1, 0.15) is 22.8 Å². The molecule has 0 saturated heterocycles. The van der Waals surface area contributed by atoms with Crippen molar-refractivity contribution in [3.63, 3.8) is 0 Å². The minimum absolute atomic E-state index is 0.0661. The van der Waals surface area contributed by atoms with Crippen molar-refractivity contribution in [3.8, 4) is 17.2 Å². The molecular formula is C27H21F2N5O4. The maximum absolute atomic E-state index is 14.9. The molecule has 11 heteroatoms. The molecular weight excluding hydrogens is 496 g/mol. The van der Waals surface area contributed by atoms with Gasteiger partial charge in [-0.3, -0.25) is 14.2 Å². The van der Waals surface area contributed by atoms with Gasteiger partial charge in [-0.05, 0) is 62.4 Å². The Bertz CT molecular complexity index is 1790. The molecule has 0 aliphatic carbocycles. The van der Waals surface area contributed by atoms with Crippen LogP contribution in [0.1, 0.15) is 30.2 Å². The van der Waals surface area contributed by atoms with Gasteiger partial charge in [-0.1, -0.05) is 0 Å². The minimum Gasteiger partial charge on any atom is -0.453 e. The van der Waals surface area contributed by atoms with Gasteiger partial charge in [0.05, 0.1) is 11.1 Å². The van der Waals surface area contributed by atoms with E-state index in [9.17, 15) is 23.2 Å². The molecule has 0 fully saturated rings. The summed E-state index contributed by atoms with van der Waals surface area (Å²) in [6.45, 7) is 3.42. The van der Waals surface area contributed by atoms with Crippen LogP contribution in [0, 0.1) is 11.6 Å². The average molecular weight is 517 g/mol. The lowest BCUT2D eigenvalue weighted by Crippen LogP contribution is -2.42. The standard InChI is InChI=1S/C27H21F2N5O4/c1-15(2)33-14-20(26(36)34(27(33)37)18-6-3-16(28)4-7-18)25(35)32-17-5-8-23(21(29)13-17)38-22-10-12-31-24-19(22)9-11-30-24/h3-15H,1-2H3,(H,30,31)(H,32,35). The van der Waals surface area contributed by atoms with Gasteiger partial charge in [-0.25, -0.2) is 23.1 Å². The van der Waals surface area contributed by atoms with Crippen molar-refractivity contribution in [1.82, 2.24) is 19.1 Å². The molecule has 5 aromatic rings. The summed E-state index contributed by atoms with van der Waals surface area (Å²) < 4.78 is 36.0.